The first-order valence-electron chi connectivity index (χ1n) is 5.37. The van der Waals surface area contributed by atoms with Gasteiger partial charge in [-0.15, -0.1) is 0 Å². The van der Waals surface area contributed by atoms with Crippen molar-refractivity contribution in [1.29, 1.82) is 0 Å². The molecule has 1 atom stereocenters. The summed E-state index contributed by atoms with van der Waals surface area (Å²) < 4.78 is 11.9. The van der Waals surface area contributed by atoms with Crippen LogP contribution in [0.15, 0.2) is 29.2 Å². The normalized spacial score (nSPS) is 12.3. The Labute approximate surface area is 98.0 Å². The number of hydrogen-bond acceptors (Lipinski definition) is 2. The lowest BCUT2D eigenvalue weighted by Crippen LogP contribution is -2.06. The molecule has 0 radical (unpaired) electrons. The molecule has 0 bridgehead atoms. The molecule has 0 spiro atoms. The summed E-state index contributed by atoms with van der Waals surface area (Å²) in [6.45, 7) is 2.08. The number of carboxylic acids is 1. The van der Waals surface area contributed by atoms with Crippen molar-refractivity contribution in [1.82, 2.24) is 0 Å². The highest BCUT2D eigenvalue weighted by atomic mass is 32.2. The summed E-state index contributed by atoms with van der Waals surface area (Å²) in [5.74, 6) is -0.475. The van der Waals surface area contributed by atoms with Crippen LogP contribution in [0.1, 0.15) is 36.5 Å². The summed E-state index contributed by atoms with van der Waals surface area (Å²) in [5.41, 5.74) is 0.150. The minimum atomic E-state index is -1.20. The summed E-state index contributed by atoms with van der Waals surface area (Å²) in [6, 6.07) is 6.50. The fourth-order valence-corrected chi connectivity index (χ4v) is 2.75. The van der Waals surface area contributed by atoms with E-state index in [1.807, 2.05) is 0 Å². The van der Waals surface area contributed by atoms with Gasteiger partial charge in [-0.05, 0) is 18.6 Å². The number of unbranched alkanes of at least 4 members (excludes halogenated alkanes) is 2. The Hall–Kier alpha value is -1.16. The van der Waals surface area contributed by atoms with E-state index in [0.29, 0.717) is 10.6 Å². The van der Waals surface area contributed by atoms with Crippen molar-refractivity contribution < 1.29 is 14.1 Å². The third-order valence-electron chi connectivity index (χ3n) is 2.30. The predicted octanol–water partition coefficient (Wildman–Crippen LogP) is 2.68. The number of hydrogen-bond donors (Lipinski definition) is 1. The summed E-state index contributed by atoms with van der Waals surface area (Å²) in [6.07, 6.45) is 2.97. The predicted molar refractivity (Wildman–Crippen MR) is 64.2 cm³/mol. The van der Waals surface area contributed by atoms with E-state index in [1.54, 1.807) is 18.2 Å². The topological polar surface area (TPSA) is 54.4 Å². The minimum absolute atomic E-state index is 0.150. The lowest BCUT2D eigenvalue weighted by molar-refractivity contribution is 0.0693. The van der Waals surface area contributed by atoms with Crippen molar-refractivity contribution in [2.24, 2.45) is 0 Å². The second-order valence-corrected chi connectivity index (χ2v) is 5.10. The molecule has 0 aliphatic carbocycles. The molecule has 1 rings (SSSR count). The maximum atomic E-state index is 11.9. The summed E-state index contributed by atoms with van der Waals surface area (Å²) in [7, 11) is -1.20. The van der Waals surface area contributed by atoms with Gasteiger partial charge in [-0.2, -0.15) is 0 Å². The van der Waals surface area contributed by atoms with Crippen LogP contribution in [-0.4, -0.2) is 21.0 Å². The summed E-state index contributed by atoms with van der Waals surface area (Å²) in [5, 5.41) is 8.95. The molecule has 0 aliphatic rings. The number of rotatable bonds is 6. The van der Waals surface area contributed by atoms with Crippen LogP contribution in [0.2, 0.25) is 0 Å². The molecular formula is C12H16O3S. The Bertz CT molecular complexity index is 388. The molecule has 3 nitrogen and oxygen atoms in total. The van der Waals surface area contributed by atoms with Crippen LogP contribution in [-0.2, 0) is 10.8 Å². The van der Waals surface area contributed by atoms with Gasteiger partial charge in [-0.25, -0.2) is 4.79 Å². The fourth-order valence-electron chi connectivity index (χ4n) is 1.43. The van der Waals surface area contributed by atoms with E-state index in [0.717, 1.165) is 19.3 Å². The highest BCUT2D eigenvalue weighted by molar-refractivity contribution is 7.85. The molecule has 16 heavy (non-hydrogen) atoms. The Kier molecular flexibility index (Phi) is 5.19. The van der Waals surface area contributed by atoms with Gasteiger partial charge in [-0.3, -0.25) is 4.21 Å². The molecule has 4 heteroatoms. The Morgan fingerprint density at radius 3 is 2.62 bits per heavy atom. The highest BCUT2D eigenvalue weighted by Gasteiger charge is 2.13. The molecular weight excluding hydrogens is 224 g/mol. The molecule has 0 fully saturated rings. The van der Waals surface area contributed by atoms with Crippen molar-refractivity contribution >= 4 is 16.8 Å². The van der Waals surface area contributed by atoms with Gasteiger partial charge in [0.15, 0.2) is 0 Å². The molecule has 0 aliphatic heterocycles. The summed E-state index contributed by atoms with van der Waals surface area (Å²) in [4.78, 5) is 11.4. The van der Waals surface area contributed by atoms with Gasteiger partial charge in [0.25, 0.3) is 0 Å². The number of carboxylic acid groups (broad SMARTS) is 1. The van der Waals surface area contributed by atoms with Crippen LogP contribution in [0, 0.1) is 0 Å². The zero-order valence-electron chi connectivity index (χ0n) is 9.31. The highest BCUT2D eigenvalue weighted by Crippen LogP contribution is 2.15. The van der Waals surface area contributed by atoms with Crippen molar-refractivity contribution in [3.05, 3.63) is 29.8 Å². The van der Waals surface area contributed by atoms with Crippen LogP contribution in [0.3, 0.4) is 0 Å². The molecule has 0 heterocycles. The first kappa shape index (κ1) is 12.9. The van der Waals surface area contributed by atoms with Gasteiger partial charge >= 0.3 is 5.97 Å². The summed E-state index contributed by atoms with van der Waals surface area (Å²) >= 11 is 0. The van der Waals surface area contributed by atoms with Crippen molar-refractivity contribution in [2.45, 2.75) is 31.1 Å². The second kappa shape index (κ2) is 6.43. The molecule has 1 N–H and O–H groups in total. The smallest absolute Gasteiger partial charge is 0.336 e. The third-order valence-corrected chi connectivity index (χ3v) is 3.80. The molecule has 1 aromatic carbocycles. The Balaban J connectivity index is 2.78. The lowest BCUT2D eigenvalue weighted by Gasteiger charge is -2.05. The SMILES string of the molecule is CCCCCS(=O)c1ccccc1C(=O)O. The number of benzene rings is 1. The van der Waals surface area contributed by atoms with E-state index >= 15 is 0 Å². The largest absolute Gasteiger partial charge is 0.478 e. The number of carbonyl (C=O) groups is 1. The molecule has 0 amide bonds. The average molecular weight is 240 g/mol. The number of aromatic carboxylic acids is 1. The molecule has 1 aromatic rings. The van der Waals surface area contributed by atoms with Crippen LogP contribution >= 0.6 is 0 Å². The third kappa shape index (κ3) is 3.45. The van der Waals surface area contributed by atoms with Crippen LogP contribution in [0.5, 0.6) is 0 Å². The quantitative estimate of drug-likeness (QED) is 0.778. The Morgan fingerprint density at radius 1 is 1.31 bits per heavy atom. The molecule has 0 saturated heterocycles. The van der Waals surface area contributed by atoms with Gasteiger partial charge in [0.05, 0.1) is 21.3 Å². The standard InChI is InChI=1S/C12H16O3S/c1-2-3-6-9-16(15)11-8-5-4-7-10(11)12(13)14/h4-5,7-8H,2-3,6,9H2,1H3,(H,13,14). The van der Waals surface area contributed by atoms with E-state index in [4.69, 9.17) is 5.11 Å². The van der Waals surface area contributed by atoms with Crippen LogP contribution in [0.4, 0.5) is 0 Å². The van der Waals surface area contributed by atoms with Gasteiger partial charge in [0.1, 0.15) is 0 Å². The van der Waals surface area contributed by atoms with E-state index in [2.05, 4.69) is 6.92 Å². The first-order chi connectivity index (χ1) is 7.66. The lowest BCUT2D eigenvalue weighted by atomic mass is 10.2. The van der Waals surface area contributed by atoms with E-state index in [9.17, 15) is 9.00 Å². The zero-order valence-corrected chi connectivity index (χ0v) is 10.1. The molecule has 0 aromatic heterocycles. The minimum Gasteiger partial charge on any atom is -0.478 e. The van der Waals surface area contributed by atoms with E-state index < -0.39 is 16.8 Å². The van der Waals surface area contributed by atoms with Crippen LogP contribution in [0.25, 0.3) is 0 Å². The van der Waals surface area contributed by atoms with Gasteiger partial charge < -0.3 is 5.11 Å². The van der Waals surface area contributed by atoms with Crippen LogP contribution < -0.4 is 0 Å². The maximum absolute atomic E-state index is 11.9. The van der Waals surface area contributed by atoms with Gasteiger partial charge in [0, 0.05) is 5.75 Å². The van der Waals surface area contributed by atoms with Crippen molar-refractivity contribution in [3.63, 3.8) is 0 Å². The van der Waals surface area contributed by atoms with Gasteiger partial charge in [-0.1, -0.05) is 31.9 Å². The first-order valence-corrected chi connectivity index (χ1v) is 6.69. The maximum Gasteiger partial charge on any atom is 0.336 e. The average Bonchev–Trinajstić information content (AvgIpc) is 2.29. The fraction of sp³-hybridized carbons (Fsp3) is 0.417. The molecule has 1 unspecified atom stereocenters. The van der Waals surface area contributed by atoms with Gasteiger partial charge in [0.2, 0.25) is 0 Å². The van der Waals surface area contributed by atoms with E-state index in [-0.39, 0.29) is 5.56 Å². The Morgan fingerprint density at radius 2 is 2.00 bits per heavy atom. The zero-order chi connectivity index (χ0) is 12.0. The molecule has 0 saturated carbocycles. The second-order valence-electron chi connectivity index (χ2n) is 3.56. The molecule has 88 valence electrons. The van der Waals surface area contributed by atoms with Crippen molar-refractivity contribution in [2.75, 3.05) is 5.75 Å². The monoisotopic (exact) mass is 240 g/mol. The van der Waals surface area contributed by atoms with E-state index in [1.165, 1.54) is 6.07 Å². The van der Waals surface area contributed by atoms with Crippen molar-refractivity contribution in [3.8, 4) is 0 Å².